The van der Waals surface area contributed by atoms with Gasteiger partial charge >= 0.3 is 0 Å². The quantitative estimate of drug-likeness (QED) is 0.563. The highest BCUT2D eigenvalue weighted by Gasteiger charge is 2.24. The minimum absolute atomic E-state index is 0.141. The highest BCUT2D eigenvalue weighted by atomic mass is 16.5. The average molecular weight is 341 g/mol. The van der Waals surface area contributed by atoms with Crippen LogP contribution < -0.4 is 4.74 Å². The van der Waals surface area contributed by atoms with Crippen LogP contribution in [0.15, 0.2) is 73.3 Å². The molecule has 0 spiro atoms. The zero-order chi connectivity index (χ0) is 17.3. The van der Waals surface area contributed by atoms with Crippen LogP contribution in [0.5, 0.6) is 5.75 Å². The van der Waals surface area contributed by atoms with Crippen LogP contribution in [0.25, 0.3) is 11.0 Å². The molecular weight excluding hydrogens is 322 g/mol. The molecule has 128 valence electrons. The van der Waals surface area contributed by atoms with E-state index in [2.05, 4.69) is 63.1 Å². The Kier molecular flexibility index (Phi) is 3.67. The van der Waals surface area contributed by atoms with E-state index in [1.54, 1.807) is 12.4 Å². The van der Waals surface area contributed by atoms with Crippen LogP contribution in [0, 0.1) is 0 Å². The minimum atomic E-state index is 0.141. The molecule has 4 aromatic rings. The van der Waals surface area contributed by atoms with E-state index in [0.29, 0.717) is 0 Å². The number of pyridine rings is 1. The summed E-state index contributed by atoms with van der Waals surface area (Å²) in [6.07, 6.45) is 7.51. The van der Waals surface area contributed by atoms with Gasteiger partial charge in [0.1, 0.15) is 17.4 Å². The molecule has 0 saturated heterocycles. The summed E-state index contributed by atoms with van der Waals surface area (Å²) in [5.41, 5.74) is 5.99. The van der Waals surface area contributed by atoms with Crippen molar-refractivity contribution in [3.8, 4) is 5.75 Å². The van der Waals surface area contributed by atoms with Gasteiger partial charge in [0.15, 0.2) is 0 Å². The minimum Gasteiger partial charge on any atom is -0.488 e. The van der Waals surface area contributed by atoms with E-state index in [4.69, 9.17) is 4.74 Å². The maximum absolute atomic E-state index is 6.17. The molecule has 1 unspecified atom stereocenters. The van der Waals surface area contributed by atoms with Gasteiger partial charge < -0.3 is 9.30 Å². The van der Waals surface area contributed by atoms with Crippen molar-refractivity contribution in [2.75, 3.05) is 0 Å². The number of fused-ring (bicyclic) bond motifs is 2. The lowest BCUT2D eigenvalue weighted by Crippen LogP contribution is -2.20. The highest BCUT2D eigenvalue weighted by molar-refractivity contribution is 5.73. The molecule has 26 heavy (non-hydrogen) atoms. The Labute approximate surface area is 152 Å². The second-order valence-electron chi connectivity index (χ2n) is 6.81. The lowest BCUT2D eigenvalue weighted by atomic mass is 10.0. The van der Waals surface area contributed by atoms with Gasteiger partial charge in [-0.2, -0.15) is 0 Å². The molecular formula is C22H19N3O. The molecule has 0 saturated carbocycles. The largest absolute Gasteiger partial charge is 0.488 e. The summed E-state index contributed by atoms with van der Waals surface area (Å²) < 4.78 is 8.32. The number of benzene rings is 2. The number of hydrogen-bond donors (Lipinski definition) is 0. The van der Waals surface area contributed by atoms with Crippen molar-refractivity contribution in [2.45, 2.75) is 25.5 Å². The van der Waals surface area contributed by atoms with Crippen molar-refractivity contribution in [1.29, 1.82) is 0 Å². The van der Waals surface area contributed by atoms with Crippen LogP contribution >= 0.6 is 0 Å². The first-order chi connectivity index (χ1) is 12.8. The van der Waals surface area contributed by atoms with Gasteiger partial charge in [-0.3, -0.25) is 4.98 Å². The van der Waals surface area contributed by atoms with Crippen molar-refractivity contribution in [3.63, 3.8) is 0 Å². The number of ether oxygens (including phenoxy) is 1. The lowest BCUT2D eigenvalue weighted by Gasteiger charge is -2.12. The van der Waals surface area contributed by atoms with Crippen molar-refractivity contribution < 1.29 is 4.74 Å². The molecule has 3 heterocycles. The van der Waals surface area contributed by atoms with Gasteiger partial charge in [-0.25, -0.2) is 4.98 Å². The zero-order valence-corrected chi connectivity index (χ0v) is 14.4. The van der Waals surface area contributed by atoms with Crippen LogP contribution in [-0.4, -0.2) is 20.6 Å². The molecule has 2 aromatic heterocycles. The fourth-order valence-corrected chi connectivity index (χ4v) is 3.70. The van der Waals surface area contributed by atoms with Gasteiger partial charge in [0.25, 0.3) is 0 Å². The molecule has 4 heteroatoms. The van der Waals surface area contributed by atoms with Crippen molar-refractivity contribution in [2.24, 2.45) is 0 Å². The molecule has 0 fully saturated rings. The van der Waals surface area contributed by atoms with Gasteiger partial charge in [0, 0.05) is 12.6 Å². The van der Waals surface area contributed by atoms with Gasteiger partial charge in [-0.1, -0.05) is 42.5 Å². The molecule has 0 aliphatic carbocycles. The molecule has 0 radical (unpaired) electrons. The molecule has 0 amide bonds. The fourth-order valence-electron chi connectivity index (χ4n) is 3.70. The Hall–Kier alpha value is -3.14. The summed E-state index contributed by atoms with van der Waals surface area (Å²) in [4.78, 5) is 8.54. The molecule has 1 atom stereocenters. The van der Waals surface area contributed by atoms with Crippen molar-refractivity contribution in [3.05, 3.63) is 90.0 Å². The van der Waals surface area contributed by atoms with E-state index >= 15 is 0 Å². The number of imidazole rings is 1. The predicted molar refractivity (Wildman–Crippen MR) is 101 cm³/mol. The molecule has 0 bridgehead atoms. The van der Waals surface area contributed by atoms with Crippen molar-refractivity contribution >= 4 is 11.0 Å². The standard InChI is InChI=1S/C22H19N3O/c1-2-4-16(5-3-1)10-17-6-7-22-18(11-17)12-19(26-22)14-25-15-24-20-13-23-9-8-21(20)25/h1-9,11,13,15,19H,10,12,14H2. The van der Waals surface area contributed by atoms with E-state index < -0.39 is 0 Å². The predicted octanol–water partition coefficient (Wildman–Crippen LogP) is 4.03. The number of hydrogen-bond acceptors (Lipinski definition) is 3. The molecule has 1 aliphatic heterocycles. The Balaban J connectivity index is 1.33. The third-order valence-corrected chi connectivity index (χ3v) is 4.94. The van der Waals surface area contributed by atoms with E-state index in [0.717, 1.165) is 36.2 Å². The van der Waals surface area contributed by atoms with Crippen LogP contribution in [0.4, 0.5) is 0 Å². The maximum atomic E-state index is 6.17. The van der Waals surface area contributed by atoms with Crippen LogP contribution in [0.1, 0.15) is 16.7 Å². The highest BCUT2D eigenvalue weighted by Crippen LogP contribution is 2.31. The first kappa shape index (κ1) is 15.1. The second-order valence-corrected chi connectivity index (χ2v) is 6.81. The number of rotatable bonds is 4. The molecule has 5 rings (SSSR count). The Morgan fingerprint density at radius 2 is 1.96 bits per heavy atom. The smallest absolute Gasteiger partial charge is 0.123 e. The third-order valence-electron chi connectivity index (χ3n) is 4.94. The Morgan fingerprint density at radius 3 is 2.88 bits per heavy atom. The molecule has 0 N–H and O–H groups in total. The first-order valence-electron chi connectivity index (χ1n) is 8.92. The van der Waals surface area contributed by atoms with Crippen LogP contribution in [0.2, 0.25) is 0 Å². The molecule has 1 aliphatic rings. The summed E-state index contributed by atoms with van der Waals surface area (Å²) >= 11 is 0. The normalized spacial score (nSPS) is 15.8. The van der Waals surface area contributed by atoms with Gasteiger partial charge in [-0.15, -0.1) is 0 Å². The zero-order valence-electron chi connectivity index (χ0n) is 14.4. The van der Waals surface area contributed by atoms with Crippen molar-refractivity contribution in [1.82, 2.24) is 14.5 Å². The Bertz CT molecular complexity index is 1060. The summed E-state index contributed by atoms with van der Waals surface area (Å²) in [5, 5.41) is 0. The fraction of sp³-hybridized carbons (Fsp3) is 0.182. The van der Waals surface area contributed by atoms with Gasteiger partial charge in [-0.05, 0) is 35.2 Å². The second kappa shape index (κ2) is 6.30. The molecule has 2 aromatic carbocycles. The Morgan fingerprint density at radius 1 is 1.04 bits per heavy atom. The number of nitrogens with zero attached hydrogens (tertiary/aromatic N) is 3. The van der Waals surface area contributed by atoms with Gasteiger partial charge in [0.05, 0.1) is 24.6 Å². The summed E-state index contributed by atoms with van der Waals surface area (Å²) in [6.45, 7) is 0.795. The van der Waals surface area contributed by atoms with E-state index in [-0.39, 0.29) is 6.10 Å². The third kappa shape index (κ3) is 2.84. The summed E-state index contributed by atoms with van der Waals surface area (Å²) in [7, 11) is 0. The van der Waals surface area contributed by atoms with E-state index in [1.165, 1.54) is 16.7 Å². The lowest BCUT2D eigenvalue weighted by molar-refractivity contribution is 0.211. The SMILES string of the molecule is c1ccc(Cc2ccc3c(c2)CC(Cn2cnc4cnccc42)O3)cc1. The molecule has 4 nitrogen and oxygen atoms in total. The van der Waals surface area contributed by atoms with Crippen LogP contribution in [-0.2, 0) is 19.4 Å². The summed E-state index contributed by atoms with van der Waals surface area (Å²) in [5.74, 6) is 1.01. The summed E-state index contributed by atoms with van der Waals surface area (Å²) in [6, 6.07) is 19.2. The van der Waals surface area contributed by atoms with Crippen LogP contribution in [0.3, 0.4) is 0 Å². The van der Waals surface area contributed by atoms with Gasteiger partial charge in [0.2, 0.25) is 0 Å². The van der Waals surface area contributed by atoms with E-state index in [9.17, 15) is 0 Å². The topological polar surface area (TPSA) is 39.9 Å². The average Bonchev–Trinajstić information content (AvgIpc) is 3.26. The monoisotopic (exact) mass is 341 g/mol. The maximum Gasteiger partial charge on any atom is 0.123 e. The first-order valence-corrected chi connectivity index (χ1v) is 8.92. The number of aromatic nitrogens is 3. The van der Waals surface area contributed by atoms with E-state index in [1.807, 2.05) is 12.4 Å².